The van der Waals surface area contributed by atoms with E-state index < -0.39 is 11.7 Å². The van der Waals surface area contributed by atoms with Gasteiger partial charge in [-0.1, -0.05) is 6.07 Å². The van der Waals surface area contributed by atoms with Gasteiger partial charge in [-0.3, -0.25) is 9.79 Å². The molecule has 9 heteroatoms. The SMILES string of the molecule is CN=C(NCCOc1cccc(C(F)(F)F)c1)N1CCC(C(=O)OC)CC1. The van der Waals surface area contributed by atoms with E-state index in [1.165, 1.54) is 19.2 Å². The fraction of sp³-hybridized carbons (Fsp3) is 0.556. The van der Waals surface area contributed by atoms with Gasteiger partial charge in [-0.25, -0.2) is 0 Å². The van der Waals surface area contributed by atoms with Gasteiger partial charge in [0.25, 0.3) is 0 Å². The second-order valence-corrected chi connectivity index (χ2v) is 6.13. The zero-order chi connectivity index (χ0) is 19.9. The molecule has 0 aromatic heterocycles. The summed E-state index contributed by atoms with van der Waals surface area (Å²) in [6.07, 6.45) is -3.02. The van der Waals surface area contributed by atoms with E-state index >= 15 is 0 Å². The van der Waals surface area contributed by atoms with Gasteiger partial charge < -0.3 is 19.7 Å². The first kappa shape index (κ1) is 20.9. The topological polar surface area (TPSA) is 63.2 Å². The third kappa shape index (κ3) is 6.04. The second kappa shape index (κ2) is 9.48. The number of alkyl halides is 3. The van der Waals surface area contributed by atoms with Crippen molar-refractivity contribution in [3.05, 3.63) is 29.8 Å². The number of benzene rings is 1. The van der Waals surface area contributed by atoms with Crippen molar-refractivity contribution in [1.82, 2.24) is 10.2 Å². The molecular weight excluding hydrogens is 363 g/mol. The van der Waals surface area contributed by atoms with Crippen LogP contribution in [0.3, 0.4) is 0 Å². The Bertz CT molecular complexity index is 657. The van der Waals surface area contributed by atoms with E-state index in [2.05, 4.69) is 10.3 Å². The molecule has 6 nitrogen and oxygen atoms in total. The van der Waals surface area contributed by atoms with Crippen LogP contribution < -0.4 is 10.1 Å². The molecule has 1 heterocycles. The summed E-state index contributed by atoms with van der Waals surface area (Å²) in [5, 5.41) is 3.12. The summed E-state index contributed by atoms with van der Waals surface area (Å²) >= 11 is 0. The molecule has 0 aliphatic carbocycles. The lowest BCUT2D eigenvalue weighted by Gasteiger charge is -2.33. The molecule has 1 aromatic carbocycles. The van der Waals surface area contributed by atoms with Crippen molar-refractivity contribution in [2.45, 2.75) is 19.0 Å². The van der Waals surface area contributed by atoms with Crippen LogP contribution in [-0.4, -0.2) is 57.2 Å². The molecule has 1 aromatic rings. The fourth-order valence-corrected chi connectivity index (χ4v) is 2.92. The van der Waals surface area contributed by atoms with E-state index in [1.54, 1.807) is 7.05 Å². The number of methoxy groups -OCH3 is 1. The van der Waals surface area contributed by atoms with Crippen molar-refractivity contribution in [2.24, 2.45) is 10.9 Å². The number of guanidine groups is 1. The molecule has 0 atom stereocenters. The Morgan fingerprint density at radius 2 is 2.04 bits per heavy atom. The summed E-state index contributed by atoms with van der Waals surface area (Å²) in [7, 11) is 3.04. The third-order valence-corrected chi connectivity index (χ3v) is 4.36. The highest BCUT2D eigenvalue weighted by Crippen LogP contribution is 2.31. The minimum absolute atomic E-state index is 0.0893. The highest BCUT2D eigenvalue weighted by molar-refractivity contribution is 5.80. The van der Waals surface area contributed by atoms with Gasteiger partial charge in [0.2, 0.25) is 0 Å². The highest BCUT2D eigenvalue weighted by Gasteiger charge is 2.30. The van der Waals surface area contributed by atoms with Gasteiger partial charge >= 0.3 is 12.1 Å². The first-order chi connectivity index (χ1) is 12.8. The number of halogens is 3. The van der Waals surface area contributed by atoms with Crippen LogP contribution in [-0.2, 0) is 15.7 Å². The molecule has 1 aliphatic rings. The standard InChI is InChI=1S/C18H24F3N3O3/c1-22-17(24-9-6-13(7-10-24)16(25)26-2)23-8-11-27-15-5-3-4-14(12-15)18(19,20)21/h3-5,12-13H,6-11H2,1-2H3,(H,22,23). The zero-order valence-electron chi connectivity index (χ0n) is 15.4. The Kier molecular flexibility index (Phi) is 7.32. The number of hydrogen-bond acceptors (Lipinski definition) is 4. The van der Waals surface area contributed by atoms with Gasteiger partial charge in [0, 0.05) is 20.1 Å². The minimum Gasteiger partial charge on any atom is -0.492 e. The maximum absolute atomic E-state index is 12.7. The Morgan fingerprint density at radius 1 is 1.33 bits per heavy atom. The average molecular weight is 387 g/mol. The van der Waals surface area contributed by atoms with Crippen molar-refractivity contribution in [2.75, 3.05) is 40.4 Å². The molecule has 27 heavy (non-hydrogen) atoms. The molecule has 0 amide bonds. The number of rotatable bonds is 5. The van der Waals surface area contributed by atoms with Crippen molar-refractivity contribution in [3.8, 4) is 5.75 Å². The van der Waals surface area contributed by atoms with E-state index in [0.717, 1.165) is 12.1 Å². The Morgan fingerprint density at radius 3 is 2.63 bits per heavy atom. The molecular formula is C18H24F3N3O3. The monoisotopic (exact) mass is 387 g/mol. The molecule has 0 saturated carbocycles. The lowest BCUT2D eigenvalue weighted by Crippen LogP contribution is -2.47. The summed E-state index contributed by atoms with van der Waals surface area (Å²) in [5.41, 5.74) is -0.739. The second-order valence-electron chi connectivity index (χ2n) is 6.13. The molecule has 0 bridgehead atoms. The molecule has 1 fully saturated rings. The Labute approximate surface area is 156 Å². The van der Waals surface area contributed by atoms with Crippen molar-refractivity contribution < 1.29 is 27.4 Å². The highest BCUT2D eigenvalue weighted by atomic mass is 19.4. The summed E-state index contributed by atoms with van der Waals surface area (Å²) < 4.78 is 48.2. The van der Waals surface area contributed by atoms with Gasteiger partial charge in [0.05, 0.1) is 25.1 Å². The number of nitrogens with one attached hydrogen (secondary N) is 1. The van der Waals surface area contributed by atoms with Crippen molar-refractivity contribution in [3.63, 3.8) is 0 Å². The average Bonchev–Trinajstić information content (AvgIpc) is 2.67. The van der Waals surface area contributed by atoms with Gasteiger partial charge in [-0.2, -0.15) is 13.2 Å². The smallest absolute Gasteiger partial charge is 0.416 e. The van der Waals surface area contributed by atoms with Crippen molar-refractivity contribution in [1.29, 1.82) is 0 Å². The Hall–Kier alpha value is -2.45. The third-order valence-electron chi connectivity index (χ3n) is 4.36. The first-order valence-electron chi connectivity index (χ1n) is 8.68. The van der Waals surface area contributed by atoms with E-state index in [-0.39, 0.29) is 24.2 Å². The number of ether oxygens (including phenoxy) is 2. The largest absolute Gasteiger partial charge is 0.492 e. The lowest BCUT2D eigenvalue weighted by atomic mass is 9.97. The normalized spacial score (nSPS) is 16.2. The predicted octanol–water partition coefficient (Wildman–Crippen LogP) is 2.54. The van der Waals surface area contributed by atoms with Crippen LogP contribution in [0.2, 0.25) is 0 Å². The number of carbonyl (C=O) groups excluding carboxylic acids is 1. The van der Waals surface area contributed by atoms with Crippen LogP contribution in [0, 0.1) is 5.92 Å². The zero-order valence-corrected chi connectivity index (χ0v) is 15.4. The van der Waals surface area contributed by atoms with E-state index in [1.807, 2.05) is 4.90 Å². The number of esters is 1. The van der Waals surface area contributed by atoms with E-state index in [9.17, 15) is 18.0 Å². The number of nitrogens with zero attached hydrogens (tertiary/aromatic N) is 2. The summed E-state index contributed by atoms with van der Waals surface area (Å²) in [4.78, 5) is 17.8. The lowest BCUT2D eigenvalue weighted by molar-refractivity contribution is -0.146. The van der Waals surface area contributed by atoms with Crippen LogP contribution in [0.4, 0.5) is 13.2 Å². The number of piperidine rings is 1. The van der Waals surface area contributed by atoms with Crippen LogP contribution >= 0.6 is 0 Å². The van der Waals surface area contributed by atoms with Gasteiger partial charge in [-0.15, -0.1) is 0 Å². The minimum atomic E-state index is -4.39. The molecule has 2 rings (SSSR count). The molecule has 0 radical (unpaired) electrons. The molecule has 1 aliphatic heterocycles. The van der Waals surface area contributed by atoms with Crippen LogP contribution in [0.15, 0.2) is 29.3 Å². The molecule has 1 saturated heterocycles. The molecule has 0 unspecified atom stereocenters. The molecule has 0 spiro atoms. The summed E-state index contributed by atoms with van der Waals surface area (Å²) in [6, 6.07) is 4.79. The molecule has 1 N–H and O–H groups in total. The summed E-state index contributed by atoms with van der Waals surface area (Å²) in [6.45, 7) is 1.93. The maximum Gasteiger partial charge on any atom is 0.416 e. The first-order valence-corrected chi connectivity index (χ1v) is 8.68. The van der Waals surface area contributed by atoms with E-state index in [0.29, 0.717) is 38.4 Å². The molecule has 150 valence electrons. The number of aliphatic imine (C=N–C) groups is 1. The maximum atomic E-state index is 12.7. The van der Waals surface area contributed by atoms with Crippen LogP contribution in [0.1, 0.15) is 18.4 Å². The number of likely N-dealkylation sites (tertiary alicyclic amines) is 1. The van der Waals surface area contributed by atoms with E-state index in [4.69, 9.17) is 9.47 Å². The van der Waals surface area contributed by atoms with Gasteiger partial charge in [0.15, 0.2) is 5.96 Å². The van der Waals surface area contributed by atoms with Crippen LogP contribution in [0.5, 0.6) is 5.75 Å². The van der Waals surface area contributed by atoms with Gasteiger partial charge in [0.1, 0.15) is 12.4 Å². The number of carbonyl (C=O) groups is 1. The quantitative estimate of drug-likeness (QED) is 0.364. The number of hydrogen-bond donors (Lipinski definition) is 1. The van der Waals surface area contributed by atoms with Gasteiger partial charge in [-0.05, 0) is 31.0 Å². The fourth-order valence-electron chi connectivity index (χ4n) is 2.92. The predicted molar refractivity (Wildman–Crippen MR) is 94.6 cm³/mol. The Balaban J connectivity index is 1.77. The van der Waals surface area contributed by atoms with Crippen molar-refractivity contribution >= 4 is 11.9 Å². The van der Waals surface area contributed by atoms with Crippen LogP contribution in [0.25, 0.3) is 0 Å². The summed E-state index contributed by atoms with van der Waals surface area (Å²) in [5.74, 6) is 0.562.